The minimum atomic E-state index is 0.557. The van der Waals surface area contributed by atoms with Crippen LogP contribution in [-0.2, 0) is 16.1 Å². The van der Waals surface area contributed by atoms with Gasteiger partial charge in [0.05, 0.1) is 19.5 Å². The molecule has 2 heteroatoms. The first-order chi connectivity index (χ1) is 7.93. The van der Waals surface area contributed by atoms with Gasteiger partial charge in [-0.2, -0.15) is 0 Å². The van der Waals surface area contributed by atoms with Crippen molar-refractivity contribution in [2.45, 2.75) is 13.0 Å². The standard InChI is InChI=1S/C14H18O2/c1-2-10-15-11-6-7-12-16-13-14-8-4-3-5-9-14/h2-6,8-9,11H,1,7,10,12-13H2/b11-6-. The van der Waals surface area contributed by atoms with E-state index in [0.717, 1.165) is 6.42 Å². The van der Waals surface area contributed by atoms with Gasteiger partial charge in [0.25, 0.3) is 0 Å². The Kier molecular flexibility index (Phi) is 6.85. The summed E-state index contributed by atoms with van der Waals surface area (Å²) in [6.45, 7) is 5.49. The minimum absolute atomic E-state index is 0.557. The summed E-state index contributed by atoms with van der Waals surface area (Å²) in [6.07, 6.45) is 6.22. The second-order valence-corrected chi connectivity index (χ2v) is 3.32. The maximum Gasteiger partial charge on any atom is 0.105 e. The Balaban J connectivity index is 2.00. The fraction of sp³-hybridized carbons (Fsp3) is 0.286. The molecule has 86 valence electrons. The molecule has 0 amide bonds. The van der Waals surface area contributed by atoms with E-state index in [0.29, 0.717) is 19.8 Å². The van der Waals surface area contributed by atoms with Crippen LogP contribution in [0.4, 0.5) is 0 Å². The summed E-state index contributed by atoms with van der Waals surface area (Å²) in [5.41, 5.74) is 1.20. The van der Waals surface area contributed by atoms with Gasteiger partial charge in [-0.3, -0.25) is 0 Å². The second-order valence-electron chi connectivity index (χ2n) is 3.32. The summed E-state index contributed by atoms with van der Waals surface area (Å²) in [5.74, 6) is 0. The van der Waals surface area contributed by atoms with Crippen LogP contribution in [-0.4, -0.2) is 13.2 Å². The minimum Gasteiger partial charge on any atom is -0.497 e. The number of hydrogen-bond donors (Lipinski definition) is 0. The number of hydrogen-bond acceptors (Lipinski definition) is 2. The number of rotatable bonds is 8. The van der Waals surface area contributed by atoms with Crippen LogP contribution in [0.25, 0.3) is 0 Å². The molecule has 0 saturated heterocycles. The maximum atomic E-state index is 5.50. The molecule has 0 saturated carbocycles. The molecule has 0 aromatic heterocycles. The molecule has 2 nitrogen and oxygen atoms in total. The number of ether oxygens (including phenoxy) is 2. The fourth-order valence-corrected chi connectivity index (χ4v) is 1.18. The summed E-state index contributed by atoms with van der Waals surface area (Å²) >= 11 is 0. The second kappa shape index (κ2) is 8.74. The molecule has 0 atom stereocenters. The Morgan fingerprint density at radius 2 is 2.00 bits per heavy atom. The van der Waals surface area contributed by atoms with Gasteiger partial charge >= 0.3 is 0 Å². The van der Waals surface area contributed by atoms with Crippen molar-refractivity contribution < 1.29 is 9.47 Å². The van der Waals surface area contributed by atoms with E-state index in [-0.39, 0.29) is 0 Å². The summed E-state index contributed by atoms with van der Waals surface area (Å²) in [7, 11) is 0. The molecule has 1 rings (SSSR count). The highest BCUT2D eigenvalue weighted by molar-refractivity contribution is 5.13. The average Bonchev–Trinajstić information content (AvgIpc) is 2.34. The predicted molar refractivity (Wildman–Crippen MR) is 66.0 cm³/mol. The molecule has 1 aromatic rings. The van der Waals surface area contributed by atoms with Crippen molar-refractivity contribution in [3.63, 3.8) is 0 Å². The van der Waals surface area contributed by atoms with Crippen molar-refractivity contribution in [1.29, 1.82) is 0 Å². The summed E-state index contributed by atoms with van der Waals surface area (Å²) in [6, 6.07) is 10.2. The molecule has 0 N–H and O–H groups in total. The van der Waals surface area contributed by atoms with Crippen molar-refractivity contribution >= 4 is 0 Å². The lowest BCUT2D eigenvalue weighted by Crippen LogP contribution is -1.94. The van der Waals surface area contributed by atoms with Crippen LogP contribution in [0, 0.1) is 0 Å². The molecule has 1 aromatic carbocycles. The van der Waals surface area contributed by atoms with Crippen molar-refractivity contribution in [3.8, 4) is 0 Å². The zero-order valence-corrected chi connectivity index (χ0v) is 9.47. The first kappa shape index (κ1) is 12.5. The molecule has 0 aliphatic carbocycles. The summed E-state index contributed by atoms with van der Waals surface area (Å²) in [4.78, 5) is 0. The molecule has 16 heavy (non-hydrogen) atoms. The molecule has 0 heterocycles. The molecule has 0 fully saturated rings. The third kappa shape index (κ3) is 6.04. The van der Waals surface area contributed by atoms with Gasteiger partial charge in [-0.15, -0.1) is 0 Å². The molecular formula is C14H18O2. The highest BCUT2D eigenvalue weighted by Gasteiger charge is 1.89. The first-order valence-corrected chi connectivity index (χ1v) is 5.42. The van der Waals surface area contributed by atoms with E-state index >= 15 is 0 Å². The lowest BCUT2D eigenvalue weighted by molar-refractivity contribution is 0.125. The van der Waals surface area contributed by atoms with Crippen LogP contribution in [0.15, 0.2) is 55.3 Å². The molecule has 0 unspecified atom stereocenters. The Morgan fingerprint density at radius 3 is 2.75 bits per heavy atom. The van der Waals surface area contributed by atoms with Crippen molar-refractivity contribution in [1.82, 2.24) is 0 Å². The zero-order chi connectivity index (χ0) is 11.5. The van der Waals surface area contributed by atoms with E-state index in [1.165, 1.54) is 5.56 Å². The summed E-state index contributed by atoms with van der Waals surface area (Å²) in [5, 5.41) is 0. The molecule has 0 aliphatic heterocycles. The number of benzene rings is 1. The third-order valence-electron chi connectivity index (χ3n) is 1.95. The Labute approximate surface area is 97.2 Å². The van der Waals surface area contributed by atoms with E-state index in [1.54, 1.807) is 12.3 Å². The van der Waals surface area contributed by atoms with Crippen LogP contribution < -0.4 is 0 Å². The Bertz CT molecular complexity index is 304. The predicted octanol–water partition coefficient (Wildman–Crippen LogP) is 3.31. The van der Waals surface area contributed by atoms with Gasteiger partial charge in [0.1, 0.15) is 6.61 Å². The van der Waals surface area contributed by atoms with Crippen molar-refractivity contribution in [3.05, 3.63) is 60.9 Å². The lowest BCUT2D eigenvalue weighted by Gasteiger charge is -2.01. The van der Waals surface area contributed by atoms with Gasteiger partial charge in [0.2, 0.25) is 0 Å². The normalized spacial score (nSPS) is 10.5. The smallest absolute Gasteiger partial charge is 0.105 e. The van der Waals surface area contributed by atoms with E-state index < -0.39 is 0 Å². The Hall–Kier alpha value is -1.54. The summed E-state index contributed by atoms with van der Waals surface area (Å²) < 4.78 is 10.6. The average molecular weight is 218 g/mol. The van der Waals surface area contributed by atoms with Gasteiger partial charge in [0.15, 0.2) is 0 Å². The molecule has 0 bridgehead atoms. The monoisotopic (exact) mass is 218 g/mol. The molecule has 0 radical (unpaired) electrons. The van der Waals surface area contributed by atoms with Gasteiger partial charge < -0.3 is 9.47 Å². The van der Waals surface area contributed by atoms with Crippen LogP contribution in [0.2, 0.25) is 0 Å². The quantitative estimate of drug-likeness (QED) is 0.378. The highest BCUT2D eigenvalue weighted by Crippen LogP contribution is 2.00. The largest absolute Gasteiger partial charge is 0.497 e. The van der Waals surface area contributed by atoms with Gasteiger partial charge in [-0.25, -0.2) is 0 Å². The van der Waals surface area contributed by atoms with Crippen LogP contribution in [0.3, 0.4) is 0 Å². The fourth-order valence-electron chi connectivity index (χ4n) is 1.18. The Morgan fingerprint density at radius 1 is 1.19 bits per heavy atom. The molecule has 0 spiro atoms. The van der Waals surface area contributed by atoms with Crippen molar-refractivity contribution in [2.75, 3.05) is 13.2 Å². The first-order valence-electron chi connectivity index (χ1n) is 5.42. The lowest BCUT2D eigenvalue weighted by atomic mass is 10.2. The van der Waals surface area contributed by atoms with Gasteiger partial charge in [-0.1, -0.05) is 43.0 Å². The molecule has 0 aliphatic rings. The van der Waals surface area contributed by atoms with E-state index in [9.17, 15) is 0 Å². The van der Waals surface area contributed by atoms with E-state index in [4.69, 9.17) is 9.47 Å². The van der Waals surface area contributed by atoms with Crippen LogP contribution >= 0.6 is 0 Å². The van der Waals surface area contributed by atoms with E-state index in [1.807, 2.05) is 24.3 Å². The maximum absolute atomic E-state index is 5.50. The van der Waals surface area contributed by atoms with Gasteiger partial charge in [0, 0.05) is 0 Å². The topological polar surface area (TPSA) is 18.5 Å². The van der Waals surface area contributed by atoms with E-state index in [2.05, 4.69) is 18.7 Å². The van der Waals surface area contributed by atoms with Crippen LogP contribution in [0.5, 0.6) is 0 Å². The SMILES string of the molecule is C=CCO/C=C\CCOCc1ccccc1. The third-order valence-corrected chi connectivity index (χ3v) is 1.95. The van der Waals surface area contributed by atoms with Crippen molar-refractivity contribution in [2.24, 2.45) is 0 Å². The molecular weight excluding hydrogens is 200 g/mol. The highest BCUT2D eigenvalue weighted by atomic mass is 16.5. The van der Waals surface area contributed by atoms with Crippen LogP contribution in [0.1, 0.15) is 12.0 Å². The zero-order valence-electron chi connectivity index (χ0n) is 9.47. The van der Waals surface area contributed by atoms with Gasteiger partial charge in [-0.05, 0) is 18.1 Å².